The number of anilines is 2. The van der Waals surface area contributed by atoms with Crippen LogP contribution in [0.25, 0.3) is 21.7 Å². The van der Waals surface area contributed by atoms with Crippen molar-refractivity contribution in [2.45, 2.75) is 71.5 Å². The summed E-state index contributed by atoms with van der Waals surface area (Å²) in [6.07, 6.45) is 8.62. The van der Waals surface area contributed by atoms with Crippen LogP contribution in [0, 0.1) is 17.3 Å². The van der Waals surface area contributed by atoms with Crippen LogP contribution in [0.1, 0.15) is 71.2 Å². The molecule has 2 aromatic carbocycles. The SMILES string of the molecule is CC(C)[C@H](N)C(=O)OCOCOCN(c1cc(Cl)c2ncc(Cl)c(NCC(C)(C)C)c2c1)[C@H](c1cn(C23CC(C2)C3)nn1)c1cccc2c(=O)n(C)ccc12. The quantitative estimate of drug-likeness (QED) is 0.0642. The molecule has 3 aliphatic rings. The van der Waals surface area contributed by atoms with Crippen molar-refractivity contribution in [3.63, 3.8) is 0 Å². The standard InChI is InChI=1S/C40H48Cl2N8O5/c1-23(2)33(43)38(52)55-22-54-21-53-20-49(25-12-29-34(30(41)13-25)44-17-31(42)35(29)45-19-39(3,4)5)36(32-18-50(47-46-32)40-14-24(15-40)16-40)27-8-7-9-28-26(27)10-11-48(6)37(28)51/h7-13,17-18,23-24,33,36H,14-16,19-22,43H2,1-6H3,(H,44,45)/t24?,33-,36-,40?/m0/s1. The van der Waals surface area contributed by atoms with Gasteiger partial charge in [0.2, 0.25) is 0 Å². The highest BCUT2D eigenvalue weighted by Gasteiger charge is 2.59. The van der Waals surface area contributed by atoms with Gasteiger partial charge >= 0.3 is 5.97 Å². The van der Waals surface area contributed by atoms with Crippen LogP contribution >= 0.6 is 23.2 Å². The summed E-state index contributed by atoms with van der Waals surface area (Å²) in [5.74, 6) is 0.0999. The summed E-state index contributed by atoms with van der Waals surface area (Å²) in [4.78, 5) is 32.4. The van der Waals surface area contributed by atoms with Crippen LogP contribution in [-0.4, -0.2) is 63.4 Å². The Balaban J connectivity index is 1.33. The Bertz CT molecular complexity index is 2270. The fraction of sp³-hybridized carbons (Fsp3) is 0.475. The Hall–Kier alpha value is -4.27. The van der Waals surface area contributed by atoms with Gasteiger partial charge in [0.1, 0.15) is 24.5 Å². The van der Waals surface area contributed by atoms with Crippen molar-refractivity contribution in [1.82, 2.24) is 24.5 Å². The summed E-state index contributed by atoms with van der Waals surface area (Å²) < 4.78 is 20.6. The van der Waals surface area contributed by atoms with Gasteiger partial charge in [0.15, 0.2) is 13.6 Å². The number of nitrogens with zero attached hydrogens (tertiary/aromatic N) is 6. The molecule has 0 unspecified atom stereocenters. The van der Waals surface area contributed by atoms with Gasteiger partial charge in [0.05, 0.1) is 33.0 Å². The molecule has 5 aromatic rings. The van der Waals surface area contributed by atoms with Crippen molar-refractivity contribution in [3.05, 3.63) is 86.6 Å². The van der Waals surface area contributed by atoms with Crippen molar-refractivity contribution in [3.8, 4) is 0 Å². The molecule has 3 saturated carbocycles. The van der Waals surface area contributed by atoms with Gasteiger partial charge in [-0.3, -0.25) is 14.6 Å². The van der Waals surface area contributed by atoms with E-state index in [0.717, 1.165) is 41.5 Å². The Morgan fingerprint density at radius 1 is 1.07 bits per heavy atom. The van der Waals surface area contributed by atoms with Crippen molar-refractivity contribution in [2.24, 2.45) is 30.0 Å². The normalized spacial score (nSPS) is 18.9. The Kier molecular flexibility index (Phi) is 10.9. The number of ether oxygens (including phenoxy) is 3. The number of pyridine rings is 2. The van der Waals surface area contributed by atoms with Gasteiger partial charge in [-0.15, -0.1) is 5.10 Å². The Labute approximate surface area is 330 Å². The number of esters is 1. The number of carbonyl (C=O) groups excluding carboxylic acids is 1. The molecule has 0 amide bonds. The highest BCUT2D eigenvalue weighted by Crippen LogP contribution is 2.62. The molecule has 2 bridgehead atoms. The molecule has 3 N–H and O–H groups in total. The monoisotopic (exact) mass is 790 g/mol. The van der Waals surface area contributed by atoms with E-state index in [-0.39, 0.29) is 42.7 Å². The molecule has 3 heterocycles. The third-order valence-corrected chi connectivity index (χ3v) is 11.3. The predicted octanol–water partition coefficient (Wildman–Crippen LogP) is 6.98. The van der Waals surface area contributed by atoms with Crippen LogP contribution in [-0.2, 0) is 31.6 Å². The number of halogens is 2. The number of hydrogen-bond acceptors (Lipinski definition) is 11. The Morgan fingerprint density at radius 2 is 1.84 bits per heavy atom. The molecule has 0 saturated heterocycles. The number of hydrogen-bond donors (Lipinski definition) is 2. The van der Waals surface area contributed by atoms with Crippen LogP contribution < -0.4 is 21.5 Å². The minimum Gasteiger partial charge on any atom is -0.437 e. The van der Waals surface area contributed by atoms with E-state index in [0.29, 0.717) is 44.6 Å². The van der Waals surface area contributed by atoms with Gasteiger partial charge in [-0.25, -0.2) is 4.68 Å². The lowest BCUT2D eigenvalue weighted by molar-refractivity contribution is -0.170. The third-order valence-electron chi connectivity index (χ3n) is 10.7. The van der Waals surface area contributed by atoms with E-state index >= 15 is 0 Å². The second-order valence-corrected chi connectivity index (χ2v) is 17.2. The van der Waals surface area contributed by atoms with Crippen LogP contribution in [0.4, 0.5) is 11.4 Å². The van der Waals surface area contributed by atoms with Crippen molar-refractivity contribution < 1.29 is 19.0 Å². The summed E-state index contributed by atoms with van der Waals surface area (Å²) >= 11 is 13.9. The molecule has 2 atom stereocenters. The zero-order chi connectivity index (χ0) is 39.2. The maximum Gasteiger partial charge on any atom is 0.325 e. The van der Waals surface area contributed by atoms with Crippen LogP contribution in [0.2, 0.25) is 10.0 Å². The summed E-state index contributed by atoms with van der Waals surface area (Å²) in [7, 11) is 1.73. The smallest absolute Gasteiger partial charge is 0.325 e. The van der Waals surface area contributed by atoms with Gasteiger partial charge in [0, 0.05) is 42.4 Å². The molecule has 55 heavy (non-hydrogen) atoms. The fourth-order valence-corrected chi connectivity index (χ4v) is 7.87. The largest absolute Gasteiger partial charge is 0.437 e. The number of carbonyl (C=O) groups is 1. The van der Waals surface area contributed by atoms with E-state index in [4.69, 9.17) is 48.2 Å². The number of benzene rings is 2. The zero-order valence-corrected chi connectivity index (χ0v) is 33.5. The van der Waals surface area contributed by atoms with E-state index in [1.54, 1.807) is 24.0 Å². The minimum atomic E-state index is -0.763. The van der Waals surface area contributed by atoms with Gasteiger partial charge in [0.25, 0.3) is 5.56 Å². The molecule has 0 spiro atoms. The van der Waals surface area contributed by atoms with Gasteiger partial charge in [-0.1, -0.05) is 75.2 Å². The van der Waals surface area contributed by atoms with E-state index in [9.17, 15) is 9.59 Å². The van der Waals surface area contributed by atoms with E-state index in [2.05, 4.69) is 36.3 Å². The van der Waals surface area contributed by atoms with E-state index < -0.39 is 18.1 Å². The average molecular weight is 792 g/mol. The first-order chi connectivity index (χ1) is 26.2. The molecule has 3 aromatic heterocycles. The summed E-state index contributed by atoms with van der Waals surface area (Å²) in [6.45, 7) is 10.2. The molecular formula is C40H48Cl2N8O5. The Morgan fingerprint density at radius 3 is 2.53 bits per heavy atom. The molecule has 292 valence electrons. The molecule has 0 radical (unpaired) electrons. The molecule has 3 aliphatic carbocycles. The topological polar surface area (TPSA) is 152 Å². The van der Waals surface area contributed by atoms with Crippen LogP contribution in [0.15, 0.2) is 59.8 Å². The molecule has 0 aliphatic heterocycles. The molecule has 3 fully saturated rings. The van der Waals surface area contributed by atoms with E-state index in [1.165, 1.54) is 0 Å². The van der Waals surface area contributed by atoms with Crippen LogP contribution in [0.3, 0.4) is 0 Å². The second kappa shape index (κ2) is 15.3. The third kappa shape index (κ3) is 7.77. The molecular weight excluding hydrogens is 743 g/mol. The number of rotatable bonds is 15. The van der Waals surface area contributed by atoms with Gasteiger partial charge < -0.3 is 34.7 Å². The van der Waals surface area contributed by atoms with Crippen molar-refractivity contribution in [2.75, 3.05) is 37.1 Å². The van der Waals surface area contributed by atoms with Gasteiger partial charge in [-0.05, 0) is 71.7 Å². The van der Waals surface area contributed by atoms with Crippen LogP contribution in [0.5, 0.6) is 0 Å². The average Bonchev–Trinajstić information content (AvgIpc) is 3.56. The fourth-order valence-electron chi connectivity index (χ4n) is 7.39. The van der Waals surface area contributed by atoms with Crippen molar-refractivity contribution in [1.29, 1.82) is 0 Å². The summed E-state index contributed by atoms with van der Waals surface area (Å²) in [6, 6.07) is 10.1. The predicted molar refractivity (Wildman–Crippen MR) is 214 cm³/mol. The van der Waals surface area contributed by atoms with E-state index in [1.807, 2.05) is 66.0 Å². The lowest BCUT2D eigenvalue weighted by atomic mass is 9.50. The number of nitrogens with two attached hydrogens (primary N) is 1. The first kappa shape index (κ1) is 39.0. The number of aromatic nitrogens is 5. The maximum atomic E-state index is 13.4. The molecule has 13 nitrogen and oxygen atoms in total. The highest BCUT2D eigenvalue weighted by atomic mass is 35.5. The lowest BCUT2D eigenvalue weighted by Crippen LogP contribution is -2.59. The van der Waals surface area contributed by atoms with Crippen molar-refractivity contribution >= 4 is 62.2 Å². The zero-order valence-electron chi connectivity index (χ0n) is 32.0. The number of fused-ring (bicyclic) bond motifs is 2. The number of nitrogens with one attached hydrogen (secondary N) is 1. The highest BCUT2D eigenvalue weighted by molar-refractivity contribution is 6.38. The first-order valence-electron chi connectivity index (χ1n) is 18.5. The van der Waals surface area contributed by atoms with Gasteiger partial charge in [-0.2, -0.15) is 0 Å². The maximum absolute atomic E-state index is 13.4. The lowest BCUT2D eigenvalue weighted by Gasteiger charge is -2.61. The molecule has 15 heteroatoms. The number of aryl methyl sites for hydroxylation is 1. The first-order valence-corrected chi connectivity index (χ1v) is 19.3. The molecule has 8 rings (SSSR count). The summed E-state index contributed by atoms with van der Waals surface area (Å²) in [5, 5.41) is 15.9. The second-order valence-electron chi connectivity index (χ2n) is 16.4. The summed E-state index contributed by atoms with van der Waals surface area (Å²) in [5.41, 5.74) is 9.17. The minimum absolute atomic E-state index is 0.0117.